The zero-order valence-electron chi connectivity index (χ0n) is 38.5. The van der Waals surface area contributed by atoms with E-state index in [1.54, 1.807) is 0 Å². The Balaban J connectivity index is 1.85. The summed E-state index contributed by atoms with van der Waals surface area (Å²) in [4.78, 5) is 25.6. The first-order valence-corrected chi connectivity index (χ1v) is 23.9. The molecule has 2 saturated heterocycles. The van der Waals surface area contributed by atoms with E-state index in [2.05, 4.69) is 74.6 Å². The number of carbonyl (C=O) groups is 2. The number of carbonyl (C=O) groups excluding carboxylic acids is 2. The fourth-order valence-corrected chi connectivity index (χ4v) is 7.01. The van der Waals surface area contributed by atoms with Gasteiger partial charge in [0.25, 0.3) is 0 Å². The van der Waals surface area contributed by atoms with Crippen LogP contribution < -0.4 is 0 Å². The van der Waals surface area contributed by atoms with Crippen LogP contribution >= 0.6 is 0 Å². The van der Waals surface area contributed by atoms with Crippen molar-refractivity contribution in [1.29, 1.82) is 0 Å². The highest BCUT2D eigenvalue weighted by molar-refractivity contribution is 5.70. The van der Waals surface area contributed by atoms with Gasteiger partial charge in [0, 0.05) is 12.8 Å². The van der Waals surface area contributed by atoms with E-state index in [0.29, 0.717) is 12.8 Å². The first kappa shape index (κ1) is 57.3. The second kappa shape index (κ2) is 36.3. The minimum absolute atomic E-state index is 0.133. The van der Waals surface area contributed by atoms with Gasteiger partial charge in [-0.3, -0.25) is 9.59 Å². The van der Waals surface area contributed by atoms with Gasteiger partial charge in [-0.1, -0.05) is 120 Å². The molecule has 0 aromatic heterocycles. The summed E-state index contributed by atoms with van der Waals surface area (Å²) in [6, 6.07) is 0. The molecule has 0 aromatic carbocycles. The van der Waals surface area contributed by atoms with Gasteiger partial charge in [0.1, 0.15) is 55.4 Å². The molecule has 2 aliphatic heterocycles. The zero-order valence-corrected chi connectivity index (χ0v) is 38.5. The van der Waals surface area contributed by atoms with Crippen LogP contribution in [0.15, 0.2) is 60.8 Å². The van der Waals surface area contributed by atoms with E-state index in [4.69, 9.17) is 28.4 Å². The van der Waals surface area contributed by atoms with Gasteiger partial charge >= 0.3 is 11.9 Å². The maximum Gasteiger partial charge on any atom is 0.306 e. The van der Waals surface area contributed by atoms with Crippen molar-refractivity contribution < 1.29 is 73.8 Å². The summed E-state index contributed by atoms with van der Waals surface area (Å²) in [5.74, 6) is -0.971. The highest BCUT2D eigenvalue weighted by Gasteiger charge is 2.47. The Morgan fingerprint density at radius 3 is 1.56 bits per heavy atom. The SMILES string of the molecule is CC/C=C\C/C=C\C/C=C\C/C=C\CCCCCCC(=O)OC(COC(=O)CCCCCCC/C=C\CCCC)COC1OC(COC2OC(CO)C(O)C(O)C2O)C(O)C(O)C1O. The van der Waals surface area contributed by atoms with Gasteiger partial charge in [0.15, 0.2) is 18.7 Å². The predicted octanol–water partition coefficient (Wildman–Crippen LogP) is 5.70. The van der Waals surface area contributed by atoms with Crippen molar-refractivity contribution in [3.8, 4) is 0 Å². The first-order chi connectivity index (χ1) is 31.0. The summed E-state index contributed by atoms with van der Waals surface area (Å²) in [5, 5.41) is 71.9. The third-order valence-corrected chi connectivity index (χ3v) is 11.0. The predicted molar refractivity (Wildman–Crippen MR) is 243 cm³/mol. The third-order valence-electron chi connectivity index (χ3n) is 11.0. The number of rotatable bonds is 35. The quantitative estimate of drug-likeness (QED) is 0.0230. The molecule has 0 spiro atoms. The average molecular weight is 911 g/mol. The Hall–Kier alpha value is -2.80. The Kier molecular flexibility index (Phi) is 32.5. The van der Waals surface area contributed by atoms with Crippen LogP contribution in [0.5, 0.6) is 0 Å². The van der Waals surface area contributed by atoms with E-state index in [1.165, 1.54) is 12.8 Å². The molecule has 7 N–H and O–H groups in total. The maximum atomic E-state index is 13.0. The summed E-state index contributed by atoms with van der Waals surface area (Å²) in [5.41, 5.74) is 0. The Bertz CT molecular complexity index is 1350. The van der Waals surface area contributed by atoms with Crippen molar-refractivity contribution in [2.45, 2.75) is 210 Å². The van der Waals surface area contributed by atoms with E-state index < -0.39 is 99.3 Å². The van der Waals surface area contributed by atoms with E-state index in [0.717, 1.165) is 89.9 Å². The molecule has 0 amide bonds. The number of allylic oxidation sites excluding steroid dienone is 10. The van der Waals surface area contributed by atoms with E-state index in [9.17, 15) is 45.3 Å². The maximum absolute atomic E-state index is 13.0. The van der Waals surface area contributed by atoms with Gasteiger partial charge in [0.2, 0.25) is 0 Å². The molecule has 2 rings (SSSR count). The van der Waals surface area contributed by atoms with Crippen molar-refractivity contribution in [3.05, 3.63) is 60.8 Å². The molecule has 368 valence electrons. The molecule has 0 radical (unpaired) electrons. The van der Waals surface area contributed by atoms with Crippen molar-refractivity contribution >= 4 is 11.9 Å². The molecule has 0 saturated carbocycles. The molecular formula is C49H82O15. The molecule has 0 aliphatic carbocycles. The number of ether oxygens (including phenoxy) is 6. The van der Waals surface area contributed by atoms with Gasteiger partial charge in [-0.2, -0.15) is 0 Å². The molecule has 2 fully saturated rings. The summed E-state index contributed by atoms with van der Waals surface area (Å²) < 4.78 is 33.4. The van der Waals surface area contributed by atoms with Gasteiger partial charge in [-0.05, 0) is 70.6 Å². The molecule has 11 atom stereocenters. The van der Waals surface area contributed by atoms with Crippen LogP contribution in [0.25, 0.3) is 0 Å². The molecule has 15 heteroatoms. The van der Waals surface area contributed by atoms with Crippen molar-refractivity contribution in [2.75, 3.05) is 26.4 Å². The Labute approximate surface area is 381 Å². The zero-order chi connectivity index (χ0) is 46.8. The Morgan fingerprint density at radius 1 is 0.516 bits per heavy atom. The number of unbranched alkanes of at least 4 members (excludes halogenated alkanes) is 11. The van der Waals surface area contributed by atoms with E-state index in [-0.39, 0.29) is 19.4 Å². The first-order valence-electron chi connectivity index (χ1n) is 23.9. The number of hydrogen-bond donors (Lipinski definition) is 7. The molecule has 0 bridgehead atoms. The van der Waals surface area contributed by atoms with Crippen molar-refractivity contribution in [3.63, 3.8) is 0 Å². The summed E-state index contributed by atoms with van der Waals surface area (Å²) >= 11 is 0. The number of hydrogen-bond acceptors (Lipinski definition) is 15. The number of aliphatic hydroxyl groups is 7. The highest BCUT2D eigenvalue weighted by Crippen LogP contribution is 2.26. The lowest BCUT2D eigenvalue weighted by atomic mass is 9.98. The second-order valence-corrected chi connectivity index (χ2v) is 16.5. The summed E-state index contributed by atoms with van der Waals surface area (Å²) in [7, 11) is 0. The third kappa shape index (κ3) is 24.6. The van der Waals surface area contributed by atoms with Crippen molar-refractivity contribution in [1.82, 2.24) is 0 Å². The molecule has 64 heavy (non-hydrogen) atoms. The fraction of sp³-hybridized carbons (Fsp3) is 0.755. The van der Waals surface area contributed by atoms with E-state index >= 15 is 0 Å². The lowest BCUT2D eigenvalue weighted by Gasteiger charge is -2.42. The van der Waals surface area contributed by atoms with Crippen LogP contribution in [-0.4, -0.2) is 142 Å². The van der Waals surface area contributed by atoms with Crippen LogP contribution in [0.3, 0.4) is 0 Å². The van der Waals surface area contributed by atoms with Gasteiger partial charge in [-0.15, -0.1) is 0 Å². The molecular weight excluding hydrogens is 829 g/mol. The van der Waals surface area contributed by atoms with Crippen LogP contribution in [0.4, 0.5) is 0 Å². The monoisotopic (exact) mass is 911 g/mol. The number of esters is 2. The standard InChI is InChI=1S/C49H82O15/c1-3-5-7-9-11-13-15-16-17-18-19-20-22-24-26-28-30-32-41(52)62-37(34-59-40(51)31-29-27-25-23-21-14-12-10-8-6-4-2)35-60-48-47(58)45(56)43(54)39(64-48)36-61-49-46(57)44(55)42(53)38(33-50)63-49/h5,7,10-13,16-17,19-20,37-39,42-50,53-58H,3-4,6,8-9,14-15,18,21-36H2,1-2H3/b7-5-,12-10-,13-11-,17-16-,20-19-. The minimum atomic E-state index is -1.77. The van der Waals surface area contributed by atoms with Crippen LogP contribution in [0, 0.1) is 0 Å². The van der Waals surface area contributed by atoms with Crippen LogP contribution in [0.2, 0.25) is 0 Å². The molecule has 2 heterocycles. The van der Waals surface area contributed by atoms with Gasteiger partial charge in [0.05, 0.1) is 19.8 Å². The lowest BCUT2D eigenvalue weighted by molar-refractivity contribution is -0.332. The van der Waals surface area contributed by atoms with Crippen LogP contribution in [-0.2, 0) is 38.0 Å². The van der Waals surface area contributed by atoms with E-state index in [1.807, 2.05) is 0 Å². The van der Waals surface area contributed by atoms with Crippen LogP contribution in [0.1, 0.15) is 142 Å². The molecule has 11 unspecified atom stereocenters. The molecule has 0 aromatic rings. The normalized spacial score (nSPS) is 27.1. The van der Waals surface area contributed by atoms with Crippen molar-refractivity contribution in [2.24, 2.45) is 0 Å². The van der Waals surface area contributed by atoms with Gasteiger partial charge < -0.3 is 64.2 Å². The fourth-order valence-electron chi connectivity index (χ4n) is 7.01. The topological polar surface area (TPSA) is 231 Å². The minimum Gasteiger partial charge on any atom is -0.462 e. The second-order valence-electron chi connectivity index (χ2n) is 16.5. The molecule has 15 nitrogen and oxygen atoms in total. The Morgan fingerprint density at radius 2 is 0.984 bits per heavy atom. The largest absolute Gasteiger partial charge is 0.462 e. The summed E-state index contributed by atoms with van der Waals surface area (Å²) in [6.07, 6.45) is 22.6. The highest BCUT2D eigenvalue weighted by atomic mass is 16.7. The van der Waals surface area contributed by atoms with Gasteiger partial charge in [-0.25, -0.2) is 0 Å². The molecule has 2 aliphatic rings. The average Bonchev–Trinajstić information content (AvgIpc) is 3.29. The number of aliphatic hydroxyl groups excluding tert-OH is 7. The smallest absolute Gasteiger partial charge is 0.306 e. The lowest BCUT2D eigenvalue weighted by Crippen LogP contribution is -2.61. The summed E-state index contributed by atoms with van der Waals surface area (Å²) in [6.45, 7) is 2.37.